The Hall–Kier alpha value is -0.240. The largest absolute Gasteiger partial charge is 0.394 e. The van der Waals surface area contributed by atoms with Crippen LogP contribution in [0.25, 0.3) is 0 Å². The number of aliphatic hydroxyl groups excluding tert-OH is 4. The van der Waals surface area contributed by atoms with Crippen molar-refractivity contribution in [3.8, 4) is 0 Å². The zero-order chi connectivity index (χ0) is 11.6. The summed E-state index contributed by atoms with van der Waals surface area (Å²) in [6.07, 6.45) is -5.71. The second kappa shape index (κ2) is 5.20. The first-order chi connectivity index (χ1) is 7.02. The molecule has 0 bridgehead atoms. The fourth-order valence-corrected chi connectivity index (χ4v) is 1.83. The molecule has 6 heteroatoms. The van der Waals surface area contributed by atoms with Crippen LogP contribution < -0.4 is 0 Å². The van der Waals surface area contributed by atoms with Gasteiger partial charge in [-0.2, -0.15) is 0 Å². The Bertz CT molecular complexity index is 199. The quantitative estimate of drug-likeness (QED) is 0.435. The summed E-state index contributed by atoms with van der Waals surface area (Å²) in [6.45, 7) is 1.14. The van der Waals surface area contributed by atoms with Gasteiger partial charge >= 0.3 is 0 Å². The standard InChI is InChI=1S/C9H18O6/c1-4-8(14-2)6(12)7(13)9(15-4)5(11)3-10/h4-13H,3H2,1-2H3/t4?,5-,6+,7+,8?,9?/m1/s1. The van der Waals surface area contributed by atoms with Crippen molar-refractivity contribution < 1.29 is 29.9 Å². The van der Waals surface area contributed by atoms with E-state index in [9.17, 15) is 15.3 Å². The van der Waals surface area contributed by atoms with Gasteiger partial charge < -0.3 is 29.9 Å². The maximum atomic E-state index is 9.67. The van der Waals surface area contributed by atoms with Crippen LogP contribution in [0.5, 0.6) is 0 Å². The Morgan fingerprint density at radius 2 is 1.93 bits per heavy atom. The van der Waals surface area contributed by atoms with Crippen molar-refractivity contribution in [3.05, 3.63) is 0 Å². The molecule has 15 heavy (non-hydrogen) atoms. The van der Waals surface area contributed by atoms with Crippen molar-refractivity contribution in [1.29, 1.82) is 0 Å². The third-order valence-corrected chi connectivity index (χ3v) is 2.70. The van der Waals surface area contributed by atoms with Crippen molar-refractivity contribution in [3.63, 3.8) is 0 Å². The second-order valence-electron chi connectivity index (χ2n) is 3.74. The van der Waals surface area contributed by atoms with Gasteiger partial charge in [-0.05, 0) is 6.92 Å². The lowest BCUT2D eigenvalue weighted by molar-refractivity contribution is -0.246. The fourth-order valence-electron chi connectivity index (χ4n) is 1.83. The lowest BCUT2D eigenvalue weighted by Gasteiger charge is -2.42. The van der Waals surface area contributed by atoms with E-state index in [1.807, 2.05) is 0 Å². The summed E-state index contributed by atoms with van der Waals surface area (Å²) in [5.41, 5.74) is 0. The molecule has 0 radical (unpaired) electrons. The van der Waals surface area contributed by atoms with Gasteiger partial charge in [0, 0.05) is 7.11 Å². The fraction of sp³-hybridized carbons (Fsp3) is 1.00. The van der Waals surface area contributed by atoms with Crippen LogP contribution in [0.1, 0.15) is 6.92 Å². The first-order valence-corrected chi connectivity index (χ1v) is 4.86. The van der Waals surface area contributed by atoms with Gasteiger partial charge in [0.05, 0.1) is 12.7 Å². The highest BCUT2D eigenvalue weighted by Crippen LogP contribution is 2.24. The third-order valence-electron chi connectivity index (χ3n) is 2.70. The van der Waals surface area contributed by atoms with Crippen LogP contribution in [-0.4, -0.2) is 70.8 Å². The average Bonchev–Trinajstić information content (AvgIpc) is 2.23. The molecule has 1 aliphatic heterocycles. The van der Waals surface area contributed by atoms with Crippen LogP contribution in [0.3, 0.4) is 0 Å². The minimum absolute atomic E-state index is 0.459. The Labute approximate surface area is 88.1 Å². The molecular weight excluding hydrogens is 204 g/mol. The molecule has 4 N–H and O–H groups in total. The SMILES string of the molecule is COC1C(C)OC([C@H](O)CO)[C@@H](O)[C@@H]1O. The summed E-state index contributed by atoms with van der Waals surface area (Å²) in [6, 6.07) is 0. The number of rotatable bonds is 3. The van der Waals surface area contributed by atoms with Crippen molar-refractivity contribution in [1.82, 2.24) is 0 Å². The molecule has 1 fully saturated rings. The maximum absolute atomic E-state index is 9.67. The van der Waals surface area contributed by atoms with E-state index in [1.165, 1.54) is 7.11 Å². The normalized spacial score (nSPS) is 44.0. The summed E-state index contributed by atoms with van der Waals surface area (Å²) < 4.78 is 10.2. The van der Waals surface area contributed by atoms with E-state index in [1.54, 1.807) is 6.92 Å². The summed E-state index contributed by atoms with van der Waals surface area (Å²) in [4.78, 5) is 0. The van der Waals surface area contributed by atoms with E-state index in [4.69, 9.17) is 14.6 Å². The van der Waals surface area contributed by atoms with E-state index in [0.29, 0.717) is 0 Å². The minimum atomic E-state index is -1.27. The van der Waals surface area contributed by atoms with Gasteiger partial charge in [0.1, 0.15) is 30.5 Å². The van der Waals surface area contributed by atoms with E-state index in [-0.39, 0.29) is 0 Å². The molecule has 6 atom stereocenters. The Morgan fingerprint density at radius 3 is 2.40 bits per heavy atom. The highest BCUT2D eigenvalue weighted by Gasteiger charge is 2.45. The number of hydrogen-bond donors (Lipinski definition) is 4. The molecule has 6 nitrogen and oxygen atoms in total. The molecule has 1 rings (SSSR count). The lowest BCUT2D eigenvalue weighted by atomic mass is 9.93. The van der Waals surface area contributed by atoms with Crippen molar-refractivity contribution in [2.75, 3.05) is 13.7 Å². The minimum Gasteiger partial charge on any atom is -0.394 e. The lowest BCUT2D eigenvalue weighted by Crippen LogP contribution is -2.60. The first-order valence-electron chi connectivity index (χ1n) is 4.86. The number of aliphatic hydroxyl groups is 4. The molecule has 3 unspecified atom stereocenters. The third kappa shape index (κ3) is 2.47. The zero-order valence-electron chi connectivity index (χ0n) is 8.78. The smallest absolute Gasteiger partial charge is 0.115 e. The van der Waals surface area contributed by atoms with Crippen molar-refractivity contribution in [2.24, 2.45) is 0 Å². The molecule has 0 amide bonds. The topological polar surface area (TPSA) is 99.4 Å². The predicted molar refractivity (Wildman–Crippen MR) is 50.2 cm³/mol. The van der Waals surface area contributed by atoms with Crippen LogP contribution in [0.4, 0.5) is 0 Å². The number of hydrogen-bond acceptors (Lipinski definition) is 6. The molecule has 0 aliphatic carbocycles. The van der Waals surface area contributed by atoms with Crippen molar-refractivity contribution in [2.45, 2.75) is 43.5 Å². The van der Waals surface area contributed by atoms with E-state index in [2.05, 4.69) is 0 Å². The Balaban J connectivity index is 2.72. The van der Waals surface area contributed by atoms with Crippen LogP contribution in [-0.2, 0) is 9.47 Å². The molecule has 0 saturated carbocycles. The molecule has 90 valence electrons. The Kier molecular flexibility index (Phi) is 4.45. The van der Waals surface area contributed by atoms with E-state index < -0.39 is 43.2 Å². The zero-order valence-corrected chi connectivity index (χ0v) is 8.78. The van der Waals surface area contributed by atoms with Gasteiger partial charge in [0.15, 0.2) is 0 Å². The second-order valence-corrected chi connectivity index (χ2v) is 3.74. The van der Waals surface area contributed by atoms with Crippen LogP contribution in [0.15, 0.2) is 0 Å². The van der Waals surface area contributed by atoms with E-state index in [0.717, 1.165) is 0 Å². The summed E-state index contributed by atoms with van der Waals surface area (Å²) >= 11 is 0. The molecule has 0 spiro atoms. The van der Waals surface area contributed by atoms with Gasteiger partial charge in [-0.3, -0.25) is 0 Å². The summed E-state index contributed by atoms with van der Waals surface area (Å²) in [5.74, 6) is 0. The van der Waals surface area contributed by atoms with Crippen LogP contribution >= 0.6 is 0 Å². The molecule has 1 aliphatic rings. The monoisotopic (exact) mass is 222 g/mol. The molecular formula is C9H18O6. The molecule has 0 aromatic rings. The van der Waals surface area contributed by atoms with Gasteiger partial charge in [-0.1, -0.05) is 0 Å². The first kappa shape index (κ1) is 12.8. The molecule has 0 aromatic heterocycles. The molecule has 1 heterocycles. The molecule has 1 saturated heterocycles. The summed E-state index contributed by atoms with van der Waals surface area (Å²) in [5, 5.41) is 37.4. The van der Waals surface area contributed by atoms with Crippen molar-refractivity contribution >= 4 is 0 Å². The maximum Gasteiger partial charge on any atom is 0.115 e. The summed E-state index contributed by atoms with van der Waals surface area (Å²) in [7, 11) is 1.41. The van der Waals surface area contributed by atoms with Crippen LogP contribution in [0.2, 0.25) is 0 Å². The number of methoxy groups -OCH3 is 1. The van der Waals surface area contributed by atoms with E-state index >= 15 is 0 Å². The van der Waals surface area contributed by atoms with Gasteiger partial charge in [-0.25, -0.2) is 0 Å². The van der Waals surface area contributed by atoms with Crippen LogP contribution in [0, 0.1) is 0 Å². The highest BCUT2D eigenvalue weighted by atomic mass is 16.6. The average molecular weight is 222 g/mol. The highest BCUT2D eigenvalue weighted by molar-refractivity contribution is 4.94. The molecule has 0 aromatic carbocycles. The van der Waals surface area contributed by atoms with Gasteiger partial charge in [0.2, 0.25) is 0 Å². The van der Waals surface area contributed by atoms with Gasteiger partial charge in [-0.15, -0.1) is 0 Å². The van der Waals surface area contributed by atoms with Gasteiger partial charge in [0.25, 0.3) is 0 Å². The predicted octanol–water partition coefficient (Wildman–Crippen LogP) is -2.14. The Morgan fingerprint density at radius 1 is 1.33 bits per heavy atom. The number of ether oxygens (including phenoxy) is 2.